The zero-order valence-corrected chi connectivity index (χ0v) is 15.2. The lowest BCUT2D eigenvalue weighted by Crippen LogP contribution is -2.19. The SMILES string of the molecule is NS(=O)(=O)c1ccc(Nc2ncc3cccc(OC4CCNC4)c3n2)cc1. The van der Waals surface area contributed by atoms with Crippen molar-refractivity contribution in [3.05, 3.63) is 48.7 Å². The third-order valence-electron chi connectivity index (χ3n) is 4.32. The molecule has 1 aliphatic rings. The van der Waals surface area contributed by atoms with Gasteiger partial charge in [0.2, 0.25) is 16.0 Å². The number of sulfonamides is 1. The van der Waals surface area contributed by atoms with Crippen LogP contribution in [0.3, 0.4) is 0 Å². The van der Waals surface area contributed by atoms with Gasteiger partial charge in [-0.3, -0.25) is 0 Å². The molecule has 1 atom stereocenters. The first kappa shape index (κ1) is 17.7. The Morgan fingerprint density at radius 3 is 2.70 bits per heavy atom. The Hall–Kier alpha value is -2.75. The Morgan fingerprint density at radius 1 is 1.19 bits per heavy atom. The maximum atomic E-state index is 11.3. The van der Waals surface area contributed by atoms with E-state index in [1.165, 1.54) is 12.1 Å². The van der Waals surface area contributed by atoms with E-state index in [1.54, 1.807) is 18.3 Å². The van der Waals surface area contributed by atoms with Crippen LogP contribution in [-0.2, 0) is 10.0 Å². The second kappa shape index (κ2) is 7.10. The van der Waals surface area contributed by atoms with E-state index in [2.05, 4.69) is 20.6 Å². The summed E-state index contributed by atoms with van der Waals surface area (Å²) in [6.45, 7) is 1.77. The van der Waals surface area contributed by atoms with Gasteiger partial charge in [0.05, 0.1) is 4.90 Å². The second-order valence-corrected chi connectivity index (χ2v) is 7.88. The van der Waals surface area contributed by atoms with Crippen molar-refractivity contribution in [1.82, 2.24) is 15.3 Å². The van der Waals surface area contributed by atoms with Gasteiger partial charge in [-0.25, -0.2) is 23.5 Å². The normalized spacial score (nSPS) is 17.1. The third-order valence-corrected chi connectivity index (χ3v) is 5.25. The van der Waals surface area contributed by atoms with Crippen molar-refractivity contribution < 1.29 is 13.2 Å². The number of nitrogens with zero attached hydrogens (tertiary/aromatic N) is 2. The van der Waals surface area contributed by atoms with E-state index in [0.29, 0.717) is 11.6 Å². The van der Waals surface area contributed by atoms with E-state index in [-0.39, 0.29) is 11.0 Å². The number of hydrogen-bond donors (Lipinski definition) is 3. The van der Waals surface area contributed by atoms with Crippen LogP contribution < -0.4 is 20.5 Å². The molecule has 0 spiro atoms. The number of fused-ring (bicyclic) bond motifs is 1. The molecule has 27 heavy (non-hydrogen) atoms. The molecule has 1 aromatic heterocycles. The van der Waals surface area contributed by atoms with Gasteiger partial charge in [-0.15, -0.1) is 0 Å². The summed E-state index contributed by atoms with van der Waals surface area (Å²) in [5.41, 5.74) is 1.38. The van der Waals surface area contributed by atoms with E-state index in [1.807, 2.05) is 18.2 Å². The van der Waals surface area contributed by atoms with Crippen LogP contribution in [0.15, 0.2) is 53.6 Å². The average Bonchev–Trinajstić information content (AvgIpc) is 3.15. The first-order valence-electron chi connectivity index (χ1n) is 8.52. The zero-order valence-electron chi connectivity index (χ0n) is 14.4. The number of anilines is 2. The fraction of sp³-hybridized carbons (Fsp3) is 0.222. The zero-order chi connectivity index (χ0) is 18.9. The van der Waals surface area contributed by atoms with Gasteiger partial charge in [-0.2, -0.15) is 0 Å². The first-order valence-corrected chi connectivity index (χ1v) is 10.1. The monoisotopic (exact) mass is 385 g/mol. The highest BCUT2D eigenvalue weighted by Gasteiger charge is 2.17. The van der Waals surface area contributed by atoms with Crippen LogP contribution in [0.5, 0.6) is 5.75 Å². The molecule has 2 aromatic carbocycles. The molecule has 4 N–H and O–H groups in total. The van der Waals surface area contributed by atoms with Crippen LogP contribution in [0, 0.1) is 0 Å². The molecule has 0 aliphatic carbocycles. The van der Waals surface area contributed by atoms with Crippen LogP contribution in [0.2, 0.25) is 0 Å². The molecule has 1 fully saturated rings. The van der Waals surface area contributed by atoms with Gasteiger partial charge in [0.1, 0.15) is 17.4 Å². The predicted molar refractivity (Wildman–Crippen MR) is 103 cm³/mol. The standard InChI is InChI=1S/C18H19N5O3S/c19-27(24,25)15-6-4-13(5-7-15)22-18-21-10-12-2-1-3-16(17(12)23-18)26-14-8-9-20-11-14/h1-7,10,14,20H,8-9,11H2,(H2,19,24,25)(H,21,22,23). The molecule has 4 rings (SSSR count). The molecule has 0 amide bonds. The van der Waals surface area contributed by atoms with Crippen LogP contribution in [0.1, 0.15) is 6.42 Å². The summed E-state index contributed by atoms with van der Waals surface area (Å²) in [6.07, 6.45) is 2.82. The lowest BCUT2D eigenvalue weighted by Gasteiger charge is -2.14. The summed E-state index contributed by atoms with van der Waals surface area (Å²) in [4.78, 5) is 8.94. The predicted octanol–water partition coefficient (Wildman–Crippen LogP) is 1.76. The summed E-state index contributed by atoms with van der Waals surface area (Å²) in [7, 11) is -3.72. The molecule has 0 radical (unpaired) electrons. The fourth-order valence-electron chi connectivity index (χ4n) is 2.95. The minimum Gasteiger partial charge on any atom is -0.487 e. The maximum absolute atomic E-state index is 11.3. The van der Waals surface area contributed by atoms with Crippen molar-refractivity contribution in [2.75, 3.05) is 18.4 Å². The Kier molecular flexibility index (Phi) is 4.65. The van der Waals surface area contributed by atoms with Gasteiger partial charge in [-0.1, -0.05) is 12.1 Å². The molecule has 1 aliphatic heterocycles. The van der Waals surface area contributed by atoms with E-state index in [4.69, 9.17) is 9.88 Å². The number of nitrogens with one attached hydrogen (secondary N) is 2. The van der Waals surface area contributed by atoms with Crippen molar-refractivity contribution in [3.63, 3.8) is 0 Å². The molecular formula is C18H19N5O3S. The van der Waals surface area contributed by atoms with Crippen molar-refractivity contribution in [2.24, 2.45) is 5.14 Å². The van der Waals surface area contributed by atoms with Crippen molar-refractivity contribution in [3.8, 4) is 5.75 Å². The van der Waals surface area contributed by atoms with E-state index >= 15 is 0 Å². The van der Waals surface area contributed by atoms with E-state index < -0.39 is 10.0 Å². The summed E-state index contributed by atoms with van der Waals surface area (Å²) < 4.78 is 28.8. The highest BCUT2D eigenvalue weighted by atomic mass is 32.2. The second-order valence-electron chi connectivity index (χ2n) is 6.31. The summed E-state index contributed by atoms with van der Waals surface area (Å²) in [5.74, 6) is 1.11. The number of aromatic nitrogens is 2. The van der Waals surface area contributed by atoms with Crippen molar-refractivity contribution >= 4 is 32.6 Å². The number of primary sulfonamides is 1. The number of rotatable bonds is 5. The average molecular weight is 385 g/mol. The van der Waals surface area contributed by atoms with Crippen LogP contribution in [0.25, 0.3) is 10.9 Å². The summed E-state index contributed by atoms with van der Waals surface area (Å²) >= 11 is 0. The van der Waals surface area contributed by atoms with Gasteiger partial charge in [0.15, 0.2) is 0 Å². The molecule has 0 saturated carbocycles. The number of nitrogens with two attached hydrogens (primary N) is 1. The number of benzene rings is 2. The summed E-state index contributed by atoms with van der Waals surface area (Å²) in [6, 6.07) is 11.8. The molecule has 3 aromatic rings. The van der Waals surface area contributed by atoms with E-state index in [0.717, 1.165) is 36.2 Å². The molecule has 2 heterocycles. The number of ether oxygens (including phenoxy) is 1. The molecule has 9 heteroatoms. The lowest BCUT2D eigenvalue weighted by atomic mass is 10.2. The highest BCUT2D eigenvalue weighted by Crippen LogP contribution is 2.27. The molecular weight excluding hydrogens is 366 g/mol. The molecule has 140 valence electrons. The summed E-state index contributed by atoms with van der Waals surface area (Å²) in [5, 5.41) is 12.3. The first-order chi connectivity index (χ1) is 13.0. The fourth-order valence-corrected chi connectivity index (χ4v) is 3.46. The molecule has 8 nitrogen and oxygen atoms in total. The van der Waals surface area contributed by atoms with Gasteiger partial charge in [0.25, 0.3) is 0 Å². The minimum absolute atomic E-state index is 0.0494. The Balaban J connectivity index is 1.60. The molecule has 1 saturated heterocycles. The molecule has 1 unspecified atom stereocenters. The van der Waals surface area contributed by atoms with Gasteiger partial charge >= 0.3 is 0 Å². The van der Waals surface area contributed by atoms with Gasteiger partial charge < -0.3 is 15.4 Å². The Labute approximate surface area is 156 Å². The smallest absolute Gasteiger partial charge is 0.238 e. The number of para-hydroxylation sites is 1. The largest absolute Gasteiger partial charge is 0.487 e. The topological polar surface area (TPSA) is 119 Å². The van der Waals surface area contributed by atoms with E-state index in [9.17, 15) is 8.42 Å². The highest BCUT2D eigenvalue weighted by molar-refractivity contribution is 7.89. The van der Waals surface area contributed by atoms with Crippen LogP contribution in [-0.4, -0.2) is 37.6 Å². The Bertz CT molecular complexity index is 1060. The third kappa shape index (κ3) is 4.00. The van der Waals surface area contributed by atoms with Crippen molar-refractivity contribution in [2.45, 2.75) is 17.4 Å². The Morgan fingerprint density at radius 2 is 2.00 bits per heavy atom. The number of hydrogen-bond acceptors (Lipinski definition) is 7. The van der Waals surface area contributed by atoms with Gasteiger partial charge in [-0.05, 0) is 43.3 Å². The van der Waals surface area contributed by atoms with Crippen LogP contribution in [0.4, 0.5) is 11.6 Å². The molecule has 0 bridgehead atoms. The van der Waals surface area contributed by atoms with Crippen LogP contribution >= 0.6 is 0 Å². The maximum Gasteiger partial charge on any atom is 0.238 e. The minimum atomic E-state index is -3.72. The lowest BCUT2D eigenvalue weighted by molar-refractivity contribution is 0.225. The quantitative estimate of drug-likeness (QED) is 0.612. The van der Waals surface area contributed by atoms with Gasteiger partial charge in [0, 0.05) is 23.8 Å². The van der Waals surface area contributed by atoms with Crippen molar-refractivity contribution in [1.29, 1.82) is 0 Å².